The van der Waals surface area contributed by atoms with Crippen LogP contribution < -0.4 is 5.32 Å². The van der Waals surface area contributed by atoms with Gasteiger partial charge < -0.3 is 5.32 Å². The normalized spacial score (nSPS) is 23.8. The standard InChI is InChI=1S/C14H18N4O3S/c1-9-6-12-15-11(7-10(2)18(12)17-9)13(19)16-14(3)4-5-22(20,21)8-14/h6-7H,4-5,8H2,1-3H3,(H,16,19)/t14-/m1/s1. The first-order chi connectivity index (χ1) is 10.2. The summed E-state index contributed by atoms with van der Waals surface area (Å²) in [4.78, 5) is 16.7. The van der Waals surface area contributed by atoms with Crippen molar-refractivity contribution in [3.05, 3.63) is 29.2 Å². The lowest BCUT2D eigenvalue weighted by Crippen LogP contribution is -2.47. The summed E-state index contributed by atoms with van der Waals surface area (Å²) >= 11 is 0. The molecule has 0 saturated carbocycles. The second kappa shape index (κ2) is 4.77. The predicted molar refractivity (Wildman–Crippen MR) is 81.6 cm³/mol. The van der Waals surface area contributed by atoms with Crippen LogP contribution in [-0.2, 0) is 9.84 Å². The van der Waals surface area contributed by atoms with Crippen molar-refractivity contribution in [2.24, 2.45) is 0 Å². The molecule has 1 aliphatic rings. The van der Waals surface area contributed by atoms with E-state index in [4.69, 9.17) is 0 Å². The molecule has 0 spiro atoms. The van der Waals surface area contributed by atoms with Gasteiger partial charge in [-0.25, -0.2) is 17.9 Å². The molecule has 0 bridgehead atoms. The van der Waals surface area contributed by atoms with Crippen LogP contribution >= 0.6 is 0 Å². The number of fused-ring (bicyclic) bond motifs is 1. The highest BCUT2D eigenvalue weighted by atomic mass is 32.2. The molecule has 0 aliphatic carbocycles. The number of hydrogen-bond donors (Lipinski definition) is 1. The molecular weight excluding hydrogens is 304 g/mol. The second-order valence-electron chi connectivity index (χ2n) is 6.20. The fourth-order valence-electron chi connectivity index (χ4n) is 2.80. The summed E-state index contributed by atoms with van der Waals surface area (Å²) in [5.41, 5.74) is 1.77. The number of hydrogen-bond acceptors (Lipinski definition) is 5. The molecule has 1 fully saturated rings. The molecule has 1 atom stereocenters. The molecule has 2 aromatic heterocycles. The van der Waals surface area contributed by atoms with Crippen LogP contribution in [0.15, 0.2) is 12.1 Å². The second-order valence-corrected chi connectivity index (χ2v) is 8.38. The van der Waals surface area contributed by atoms with Gasteiger partial charge in [-0.1, -0.05) is 0 Å². The van der Waals surface area contributed by atoms with Gasteiger partial charge in [0.05, 0.1) is 22.7 Å². The molecular formula is C14H18N4O3S. The Kier molecular flexibility index (Phi) is 3.24. The van der Waals surface area contributed by atoms with Crippen LogP contribution in [0.5, 0.6) is 0 Å². The number of sulfone groups is 1. The number of nitrogens with one attached hydrogen (secondary N) is 1. The molecule has 0 aromatic carbocycles. The Morgan fingerprint density at radius 2 is 2.09 bits per heavy atom. The van der Waals surface area contributed by atoms with Crippen molar-refractivity contribution in [2.45, 2.75) is 32.7 Å². The van der Waals surface area contributed by atoms with E-state index in [1.165, 1.54) is 0 Å². The van der Waals surface area contributed by atoms with Crippen LogP contribution in [-0.4, -0.2) is 46.0 Å². The maximum absolute atomic E-state index is 12.4. The average Bonchev–Trinajstić information content (AvgIpc) is 2.89. The van der Waals surface area contributed by atoms with Crippen LogP contribution in [0.4, 0.5) is 0 Å². The number of carbonyl (C=O) groups is 1. The van der Waals surface area contributed by atoms with Gasteiger partial charge in [-0.2, -0.15) is 5.10 Å². The maximum Gasteiger partial charge on any atom is 0.270 e. The first-order valence-corrected chi connectivity index (χ1v) is 8.87. The Morgan fingerprint density at radius 3 is 2.73 bits per heavy atom. The van der Waals surface area contributed by atoms with E-state index in [2.05, 4.69) is 15.4 Å². The zero-order chi connectivity index (χ0) is 16.1. The van der Waals surface area contributed by atoms with Crippen LogP contribution in [0, 0.1) is 13.8 Å². The SMILES string of the molecule is Cc1cc2nc(C(=O)N[C@]3(C)CCS(=O)(=O)C3)cc(C)n2n1. The van der Waals surface area contributed by atoms with Crippen LogP contribution in [0.2, 0.25) is 0 Å². The largest absolute Gasteiger partial charge is 0.344 e. The fraction of sp³-hybridized carbons (Fsp3) is 0.500. The van der Waals surface area contributed by atoms with Crippen molar-refractivity contribution in [1.29, 1.82) is 0 Å². The summed E-state index contributed by atoms with van der Waals surface area (Å²) in [7, 11) is -3.07. The summed E-state index contributed by atoms with van der Waals surface area (Å²) in [5.74, 6) is -0.278. The van der Waals surface area contributed by atoms with Crippen LogP contribution in [0.25, 0.3) is 5.65 Å². The highest BCUT2D eigenvalue weighted by molar-refractivity contribution is 7.91. The fourth-order valence-corrected chi connectivity index (χ4v) is 4.90. The first kappa shape index (κ1) is 15.0. The van der Waals surface area contributed by atoms with Gasteiger partial charge in [-0.3, -0.25) is 4.79 Å². The molecule has 0 radical (unpaired) electrons. The summed E-state index contributed by atoms with van der Waals surface area (Å²) in [6.07, 6.45) is 0.425. The van der Waals surface area contributed by atoms with Gasteiger partial charge in [0, 0.05) is 11.8 Å². The van der Waals surface area contributed by atoms with E-state index in [0.717, 1.165) is 11.4 Å². The van der Waals surface area contributed by atoms with Crippen molar-refractivity contribution in [3.8, 4) is 0 Å². The van der Waals surface area contributed by atoms with Gasteiger partial charge in [-0.05, 0) is 33.3 Å². The molecule has 7 nitrogen and oxygen atoms in total. The summed E-state index contributed by atoms with van der Waals surface area (Å²) in [5, 5.41) is 7.11. The minimum atomic E-state index is -3.07. The number of carbonyl (C=O) groups excluding carboxylic acids is 1. The Labute approximate surface area is 128 Å². The summed E-state index contributed by atoms with van der Waals surface area (Å²) in [6.45, 7) is 5.46. The monoisotopic (exact) mass is 322 g/mol. The van der Waals surface area contributed by atoms with Gasteiger partial charge in [0.1, 0.15) is 5.69 Å². The Balaban J connectivity index is 1.89. The maximum atomic E-state index is 12.4. The molecule has 0 unspecified atom stereocenters. The smallest absolute Gasteiger partial charge is 0.270 e. The van der Waals surface area contributed by atoms with E-state index in [1.807, 2.05) is 13.8 Å². The lowest BCUT2D eigenvalue weighted by atomic mass is 10.0. The van der Waals surface area contributed by atoms with E-state index < -0.39 is 15.4 Å². The van der Waals surface area contributed by atoms with E-state index in [9.17, 15) is 13.2 Å². The Morgan fingerprint density at radius 1 is 1.36 bits per heavy atom. The van der Waals surface area contributed by atoms with Crippen molar-refractivity contribution in [2.75, 3.05) is 11.5 Å². The van der Waals surface area contributed by atoms with Crippen molar-refractivity contribution in [3.63, 3.8) is 0 Å². The van der Waals surface area contributed by atoms with E-state index in [-0.39, 0.29) is 23.1 Å². The lowest BCUT2D eigenvalue weighted by Gasteiger charge is -2.23. The molecule has 1 amide bonds. The highest BCUT2D eigenvalue weighted by Gasteiger charge is 2.39. The molecule has 22 heavy (non-hydrogen) atoms. The molecule has 3 rings (SSSR count). The molecule has 2 aromatic rings. The molecule has 8 heteroatoms. The molecule has 1 aliphatic heterocycles. The zero-order valence-corrected chi connectivity index (χ0v) is 13.6. The number of nitrogens with zero attached hydrogens (tertiary/aromatic N) is 3. The number of aromatic nitrogens is 3. The third-order valence-electron chi connectivity index (χ3n) is 3.88. The third-order valence-corrected chi connectivity index (χ3v) is 5.78. The van der Waals surface area contributed by atoms with Gasteiger partial charge in [0.15, 0.2) is 15.5 Å². The minimum absolute atomic E-state index is 0.0290. The third kappa shape index (κ3) is 2.70. The van der Waals surface area contributed by atoms with Gasteiger partial charge in [0.2, 0.25) is 0 Å². The summed E-state index contributed by atoms with van der Waals surface area (Å²) in [6, 6.07) is 3.45. The first-order valence-electron chi connectivity index (χ1n) is 7.04. The predicted octanol–water partition coefficient (Wildman–Crippen LogP) is 0.653. The van der Waals surface area contributed by atoms with Gasteiger partial charge >= 0.3 is 0 Å². The number of amides is 1. The van der Waals surface area contributed by atoms with Crippen molar-refractivity contribution < 1.29 is 13.2 Å². The van der Waals surface area contributed by atoms with E-state index in [1.54, 1.807) is 23.6 Å². The molecule has 1 saturated heterocycles. The average molecular weight is 322 g/mol. The molecule has 3 heterocycles. The lowest BCUT2D eigenvalue weighted by molar-refractivity contribution is 0.0910. The highest BCUT2D eigenvalue weighted by Crippen LogP contribution is 2.23. The molecule has 118 valence electrons. The van der Waals surface area contributed by atoms with Crippen molar-refractivity contribution in [1.82, 2.24) is 19.9 Å². The minimum Gasteiger partial charge on any atom is -0.344 e. The van der Waals surface area contributed by atoms with Crippen LogP contribution in [0.3, 0.4) is 0 Å². The van der Waals surface area contributed by atoms with Gasteiger partial charge in [-0.15, -0.1) is 0 Å². The number of aryl methyl sites for hydroxylation is 2. The molecule has 1 N–H and O–H groups in total. The van der Waals surface area contributed by atoms with Crippen LogP contribution in [0.1, 0.15) is 35.2 Å². The summed E-state index contributed by atoms with van der Waals surface area (Å²) < 4.78 is 24.9. The van der Waals surface area contributed by atoms with E-state index >= 15 is 0 Å². The van der Waals surface area contributed by atoms with Gasteiger partial charge in [0.25, 0.3) is 5.91 Å². The Hall–Kier alpha value is -1.96. The van der Waals surface area contributed by atoms with Crippen molar-refractivity contribution >= 4 is 21.4 Å². The quantitative estimate of drug-likeness (QED) is 0.876. The topological polar surface area (TPSA) is 93.4 Å². The Bertz CT molecular complexity index is 872. The number of rotatable bonds is 2. The zero-order valence-electron chi connectivity index (χ0n) is 12.8. The van der Waals surface area contributed by atoms with E-state index in [0.29, 0.717) is 12.1 Å².